The molecule has 0 saturated heterocycles. The maximum Gasteiger partial charge on any atom is 0.253 e. The minimum Gasteiger partial charge on any atom is -0.492 e. The lowest BCUT2D eigenvalue weighted by atomic mass is 10.0. The van der Waals surface area contributed by atoms with E-state index < -0.39 is 6.04 Å². The van der Waals surface area contributed by atoms with Gasteiger partial charge in [0, 0.05) is 7.05 Å². The zero-order valence-corrected chi connectivity index (χ0v) is 18.1. The van der Waals surface area contributed by atoms with E-state index in [1.54, 1.807) is 36.2 Å². The standard InChI is InChI=1S/C25H25ClN2O3/c1-28(16-17-31-20-12-6-3-7-13-20)24(29)18-23(19-10-4-2-5-11-19)27-25(30)21-14-8-9-15-22(21)26/h2-15,23H,16-18H2,1H3,(H,27,30). The number of nitrogens with zero attached hydrogens (tertiary/aromatic N) is 1. The van der Waals surface area contributed by atoms with Crippen LogP contribution in [0.5, 0.6) is 5.75 Å². The van der Waals surface area contributed by atoms with Crippen molar-refractivity contribution in [3.05, 3.63) is 101 Å². The number of hydrogen-bond acceptors (Lipinski definition) is 3. The Bertz CT molecular complexity index is 996. The maximum atomic E-state index is 12.8. The van der Waals surface area contributed by atoms with E-state index in [2.05, 4.69) is 5.32 Å². The van der Waals surface area contributed by atoms with Crippen LogP contribution in [0.3, 0.4) is 0 Å². The molecular formula is C25H25ClN2O3. The van der Waals surface area contributed by atoms with Crippen LogP contribution in [0.25, 0.3) is 0 Å². The van der Waals surface area contributed by atoms with Gasteiger partial charge in [0.1, 0.15) is 12.4 Å². The van der Waals surface area contributed by atoms with Crippen LogP contribution in [0.1, 0.15) is 28.4 Å². The molecular weight excluding hydrogens is 412 g/mol. The van der Waals surface area contributed by atoms with Crippen LogP contribution < -0.4 is 10.1 Å². The Hall–Kier alpha value is -3.31. The van der Waals surface area contributed by atoms with Crippen molar-refractivity contribution in [2.24, 2.45) is 0 Å². The van der Waals surface area contributed by atoms with Gasteiger partial charge >= 0.3 is 0 Å². The Balaban J connectivity index is 1.63. The van der Waals surface area contributed by atoms with E-state index in [1.165, 1.54) is 0 Å². The van der Waals surface area contributed by atoms with Crippen LogP contribution >= 0.6 is 11.6 Å². The number of amides is 2. The Labute approximate surface area is 187 Å². The quantitative estimate of drug-likeness (QED) is 0.527. The van der Waals surface area contributed by atoms with Crippen molar-refractivity contribution in [3.63, 3.8) is 0 Å². The Morgan fingerprint density at radius 2 is 1.55 bits per heavy atom. The lowest BCUT2D eigenvalue weighted by Crippen LogP contribution is -2.36. The van der Waals surface area contributed by atoms with Gasteiger partial charge in [-0.05, 0) is 29.8 Å². The highest BCUT2D eigenvalue weighted by Crippen LogP contribution is 2.21. The normalized spacial score (nSPS) is 11.4. The third kappa shape index (κ3) is 6.59. The van der Waals surface area contributed by atoms with Crippen LogP contribution in [0, 0.1) is 0 Å². The van der Waals surface area contributed by atoms with E-state index in [-0.39, 0.29) is 18.2 Å². The molecule has 0 radical (unpaired) electrons. The van der Waals surface area contributed by atoms with Crippen molar-refractivity contribution in [2.45, 2.75) is 12.5 Å². The number of nitrogens with one attached hydrogen (secondary N) is 1. The maximum absolute atomic E-state index is 12.8. The molecule has 160 valence electrons. The second-order valence-electron chi connectivity index (χ2n) is 7.10. The molecule has 0 spiro atoms. The van der Waals surface area contributed by atoms with Gasteiger partial charge in [-0.15, -0.1) is 0 Å². The van der Waals surface area contributed by atoms with Gasteiger partial charge < -0.3 is 15.0 Å². The van der Waals surface area contributed by atoms with Gasteiger partial charge in [0.15, 0.2) is 0 Å². The number of para-hydroxylation sites is 1. The van der Waals surface area contributed by atoms with Crippen molar-refractivity contribution < 1.29 is 14.3 Å². The number of benzene rings is 3. The van der Waals surface area contributed by atoms with Crippen molar-refractivity contribution in [2.75, 3.05) is 20.2 Å². The molecule has 3 rings (SSSR count). The molecule has 5 nitrogen and oxygen atoms in total. The number of hydrogen-bond donors (Lipinski definition) is 1. The molecule has 2 amide bonds. The molecule has 0 heterocycles. The number of carbonyl (C=O) groups excluding carboxylic acids is 2. The summed E-state index contributed by atoms with van der Waals surface area (Å²) in [5.74, 6) is 0.352. The molecule has 0 fully saturated rings. The molecule has 0 bridgehead atoms. The molecule has 0 aliphatic rings. The van der Waals surface area contributed by atoms with Crippen molar-refractivity contribution in [3.8, 4) is 5.75 Å². The number of likely N-dealkylation sites (N-methyl/N-ethyl adjacent to an activating group) is 1. The zero-order valence-electron chi connectivity index (χ0n) is 17.3. The minimum absolute atomic E-state index is 0.0926. The fourth-order valence-corrected chi connectivity index (χ4v) is 3.31. The lowest BCUT2D eigenvalue weighted by Gasteiger charge is -2.23. The summed E-state index contributed by atoms with van der Waals surface area (Å²) in [6, 6.07) is 25.3. The Kier molecular flexibility index (Phi) is 8.07. The Morgan fingerprint density at radius 3 is 2.23 bits per heavy atom. The minimum atomic E-state index is -0.477. The predicted octanol–water partition coefficient (Wildman–Crippen LogP) is 4.74. The number of rotatable bonds is 9. The van der Waals surface area contributed by atoms with E-state index in [1.807, 2.05) is 60.7 Å². The second-order valence-corrected chi connectivity index (χ2v) is 7.50. The van der Waals surface area contributed by atoms with Crippen LogP contribution in [0.4, 0.5) is 0 Å². The first-order chi connectivity index (χ1) is 15.0. The van der Waals surface area contributed by atoms with Gasteiger partial charge in [0.25, 0.3) is 5.91 Å². The van der Waals surface area contributed by atoms with Gasteiger partial charge in [-0.1, -0.05) is 72.3 Å². The number of halogens is 1. The van der Waals surface area contributed by atoms with Crippen LogP contribution in [-0.4, -0.2) is 36.9 Å². The lowest BCUT2D eigenvalue weighted by molar-refractivity contribution is -0.130. The third-order valence-electron chi connectivity index (χ3n) is 4.87. The van der Waals surface area contributed by atoms with Crippen molar-refractivity contribution in [1.82, 2.24) is 10.2 Å². The molecule has 1 N–H and O–H groups in total. The van der Waals surface area contributed by atoms with Crippen molar-refractivity contribution in [1.29, 1.82) is 0 Å². The summed E-state index contributed by atoms with van der Waals surface area (Å²) in [6.45, 7) is 0.821. The first kappa shape index (κ1) is 22.4. The number of ether oxygens (including phenoxy) is 1. The summed E-state index contributed by atoms with van der Waals surface area (Å²) in [4.78, 5) is 27.2. The summed E-state index contributed by atoms with van der Waals surface area (Å²) >= 11 is 6.16. The van der Waals surface area contributed by atoms with Crippen molar-refractivity contribution >= 4 is 23.4 Å². The highest BCUT2D eigenvalue weighted by Gasteiger charge is 2.22. The molecule has 3 aromatic carbocycles. The molecule has 6 heteroatoms. The van der Waals surface area contributed by atoms with Crippen LogP contribution in [0.2, 0.25) is 5.02 Å². The van der Waals surface area contributed by atoms with Gasteiger partial charge in [-0.25, -0.2) is 0 Å². The molecule has 0 aliphatic carbocycles. The second kappa shape index (κ2) is 11.2. The highest BCUT2D eigenvalue weighted by atomic mass is 35.5. The molecule has 1 atom stereocenters. The van der Waals surface area contributed by atoms with Gasteiger partial charge in [0.2, 0.25) is 5.91 Å². The van der Waals surface area contributed by atoms with Gasteiger partial charge in [-0.3, -0.25) is 9.59 Å². The van der Waals surface area contributed by atoms with E-state index in [0.29, 0.717) is 23.7 Å². The monoisotopic (exact) mass is 436 g/mol. The largest absolute Gasteiger partial charge is 0.492 e. The first-order valence-corrected chi connectivity index (χ1v) is 10.4. The van der Waals surface area contributed by atoms with Gasteiger partial charge in [-0.2, -0.15) is 0 Å². The molecule has 31 heavy (non-hydrogen) atoms. The SMILES string of the molecule is CN(CCOc1ccccc1)C(=O)CC(NC(=O)c1ccccc1Cl)c1ccccc1. The molecule has 0 aromatic heterocycles. The molecule has 1 unspecified atom stereocenters. The molecule has 0 saturated carbocycles. The summed E-state index contributed by atoms with van der Waals surface area (Å²) in [7, 11) is 1.73. The summed E-state index contributed by atoms with van der Waals surface area (Å²) in [6.07, 6.45) is 0.127. The average molecular weight is 437 g/mol. The van der Waals surface area contributed by atoms with Crippen LogP contribution in [0.15, 0.2) is 84.9 Å². The summed E-state index contributed by atoms with van der Waals surface area (Å²) in [5, 5.41) is 3.32. The smallest absolute Gasteiger partial charge is 0.253 e. The summed E-state index contributed by atoms with van der Waals surface area (Å²) in [5.41, 5.74) is 1.23. The van der Waals surface area contributed by atoms with E-state index in [9.17, 15) is 9.59 Å². The Morgan fingerprint density at radius 1 is 0.935 bits per heavy atom. The molecule has 0 aliphatic heterocycles. The number of carbonyl (C=O) groups is 2. The molecule has 3 aromatic rings. The van der Waals surface area contributed by atoms with E-state index in [0.717, 1.165) is 11.3 Å². The zero-order chi connectivity index (χ0) is 22.1. The fourth-order valence-electron chi connectivity index (χ4n) is 3.09. The fraction of sp³-hybridized carbons (Fsp3) is 0.200. The average Bonchev–Trinajstić information content (AvgIpc) is 2.80. The van der Waals surface area contributed by atoms with E-state index in [4.69, 9.17) is 16.3 Å². The van der Waals surface area contributed by atoms with E-state index >= 15 is 0 Å². The third-order valence-corrected chi connectivity index (χ3v) is 5.20. The predicted molar refractivity (Wildman–Crippen MR) is 122 cm³/mol. The highest BCUT2D eigenvalue weighted by molar-refractivity contribution is 6.33. The van der Waals surface area contributed by atoms with Crippen LogP contribution in [-0.2, 0) is 4.79 Å². The van der Waals surface area contributed by atoms with Gasteiger partial charge in [0.05, 0.1) is 29.6 Å². The first-order valence-electron chi connectivity index (χ1n) is 10.1. The topological polar surface area (TPSA) is 58.6 Å². The summed E-state index contributed by atoms with van der Waals surface area (Å²) < 4.78 is 5.67.